The number of benzene rings is 1. The summed E-state index contributed by atoms with van der Waals surface area (Å²) in [5, 5.41) is 9.20. The SMILES string of the molecule is COc1ccc(Cl)cc1N(C)CC#N. The van der Waals surface area contributed by atoms with E-state index in [9.17, 15) is 0 Å². The molecule has 1 aromatic carbocycles. The molecule has 1 rings (SSSR count). The van der Waals surface area contributed by atoms with Gasteiger partial charge in [0, 0.05) is 12.1 Å². The first-order valence-corrected chi connectivity index (χ1v) is 4.48. The third-order valence-electron chi connectivity index (χ3n) is 1.86. The Morgan fingerprint density at radius 1 is 1.57 bits per heavy atom. The molecule has 0 aliphatic carbocycles. The predicted molar refractivity (Wildman–Crippen MR) is 56.9 cm³/mol. The van der Waals surface area contributed by atoms with Gasteiger partial charge in [0.15, 0.2) is 0 Å². The average Bonchev–Trinajstić information content (AvgIpc) is 2.18. The molecule has 0 fully saturated rings. The van der Waals surface area contributed by atoms with Gasteiger partial charge in [-0.05, 0) is 18.2 Å². The van der Waals surface area contributed by atoms with Gasteiger partial charge >= 0.3 is 0 Å². The van der Waals surface area contributed by atoms with Crippen molar-refractivity contribution < 1.29 is 4.74 Å². The fourth-order valence-electron chi connectivity index (χ4n) is 1.15. The van der Waals surface area contributed by atoms with Gasteiger partial charge in [0.2, 0.25) is 0 Å². The number of hydrogen-bond acceptors (Lipinski definition) is 3. The van der Waals surface area contributed by atoms with E-state index in [1.807, 2.05) is 7.05 Å². The highest BCUT2D eigenvalue weighted by atomic mass is 35.5. The number of ether oxygens (including phenoxy) is 1. The van der Waals surface area contributed by atoms with Crippen molar-refractivity contribution >= 4 is 17.3 Å². The van der Waals surface area contributed by atoms with Gasteiger partial charge in [0.05, 0.1) is 18.9 Å². The van der Waals surface area contributed by atoms with E-state index in [2.05, 4.69) is 6.07 Å². The van der Waals surface area contributed by atoms with E-state index in [0.717, 1.165) is 5.69 Å². The van der Waals surface area contributed by atoms with E-state index < -0.39 is 0 Å². The Balaban J connectivity index is 3.04. The lowest BCUT2D eigenvalue weighted by atomic mass is 10.2. The van der Waals surface area contributed by atoms with Gasteiger partial charge < -0.3 is 9.64 Å². The summed E-state index contributed by atoms with van der Waals surface area (Å²) in [6.45, 7) is 0.302. The van der Waals surface area contributed by atoms with Crippen molar-refractivity contribution in [1.82, 2.24) is 0 Å². The molecule has 4 heteroatoms. The van der Waals surface area contributed by atoms with Crippen molar-refractivity contribution in [3.63, 3.8) is 0 Å². The molecular formula is C10H11ClN2O. The summed E-state index contributed by atoms with van der Waals surface area (Å²) in [6, 6.07) is 7.38. The number of anilines is 1. The molecule has 0 amide bonds. The van der Waals surface area contributed by atoms with Crippen LogP contribution in [0.3, 0.4) is 0 Å². The summed E-state index contributed by atoms with van der Waals surface area (Å²) in [4.78, 5) is 1.78. The zero-order chi connectivity index (χ0) is 10.6. The second-order valence-electron chi connectivity index (χ2n) is 2.83. The molecule has 1 aromatic rings. The fraction of sp³-hybridized carbons (Fsp3) is 0.300. The Labute approximate surface area is 88.5 Å². The molecule has 0 aromatic heterocycles. The molecule has 0 N–H and O–H groups in total. The van der Waals surface area contributed by atoms with Gasteiger partial charge in [-0.1, -0.05) is 11.6 Å². The lowest BCUT2D eigenvalue weighted by Gasteiger charge is -2.18. The van der Waals surface area contributed by atoms with E-state index in [-0.39, 0.29) is 0 Å². The summed E-state index contributed by atoms with van der Waals surface area (Å²) in [5.74, 6) is 0.715. The van der Waals surface area contributed by atoms with E-state index in [1.54, 1.807) is 30.2 Å². The first-order valence-electron chi connectivity index (χ1n) is 4.10. The van der Waals surface area contributed by atoms with Crippen LogP contribution in [0.25, 0.3) is 0 Å². The Bertz CT molecular complexity index is 360. The van der Waals surface area contributed by atoms with Crippen LogP contribution >= 0.6 is 11.6 Å². The van der Waals surface area contributed by atoms with Gasteiger partial charge in [-0.15, -0.1) is 0 Å². The minimum atomic E-state index is 0.302. The number of methoxy groups -OCH3 is 1. The third-order valence-corrected chi connectivity index (χ3v) is 2.10. The summed E-state index contributed by atoms with van der Waals surface area (Å²) < 4.78 is 5.16. The summed E-state index contributed by atoms with van der Waals surface area (Å²) in [7, 11) is 3.41. The average molecular weight is 211 g/mol. The Morgan fingerprint density at radius 3 is 2.86 bits per heavy atom. The zero-order valence-corrected chi connectivity index (χ0v) is 8.88. The van der Waals surface area contributed by atoms with Crippen LogP contribution in [0, 0.1) is 11.3 Å². The normalized spacial score (nSPS) is 9.29. The van der Waals surface area contributed by atoms with Gasteiger partial charge in [-0.2, -0.15) is 5.26 Å². The van der Waals surface area contributed by atoms with Crippen molar-refractivity contribution in [3.05, 3.63) is 23.2 Å². The van der Waals surface area contributed by atoms with E-state index in [4.69, 9.17) is 21.6 Å². The minimum Gasteiger partial charge on any atom is -0.495 e. The van der Waals surface area contributed by atoms with Crippen LogP contribution in [0.15, 0.2) is 18.2 Å². The van der Waals surface area contributed by atoms with Gasteiger partial charge in [0.25, 0.3) is 0 Å². The number of nitriles is 1. The standard InChI is InChI=1S/C10H11ClN2O/c1-13(6-5-12)9-7-8(11)3-4-10(9)14-2/h3-4,7H,6H2,1-2H3. The minimum absolute atomic E-state index is 0.302. The second-order valence-corrected chi connectivity index (χ2v) is 3.27. The Morgan fingerprint density at radius 2 is 2.29 bits per heavy atom. The maximum absolute atomic E-state index is 8.57. The van der Waals surface area contributed by atoms with E-state index >= 15 is 0 Å². The highest BCUT2D eigenvalue weighted by Gasteiger charge is 2.07. The molecule has 0 saturated heterocycles. The van der Waals surface area contributed by atoms with Crippen LogP contribution in [0.1, 0.15) is 0 Å². The molecule has 0 spiro atoms. The van der Waals surface area contributed by atoms with Crippen molar-refractivity contribution in [2.24, 2.45) is 0 Å². The number of nitrogens with zero attached hydrogens (tertiary/aromatic N) is 2. The van der Waals surface area contributed by atoms with Crippen molar-refractivity contribution in [3.8, 4) is 11.8 Å². The highest BCUT2D eigenvalue weighted by Crippen LogP contribution is 2.30. The molecule has 0 radical (unpaired) electrons. The number of halogens is 1. The smallest absolute Gasteiger partial charge is 0.142 e. The summed E-state index contributed by atoms with van der Waals surface area (Å²) in [5.41, 5.74) is 0.821. The topological polar surface area (TPSA) is 36.3 Å². The maximum atomic E-state index is 8.57. The predicted octanol–water partition coefficient (Wildman–Crippen LogP) is 2.31. The molecule has 0 bridgehead atoms. The monoisotopic (exact) mass is 210 g/mol. The van der Waals surface area contributed by atoms with Crippen molar-refractivity contribution in [2.75, 3.05) is 25.6 Å². The maximum Gasteiger partial charge on any atom is 0.142 e. The van der Waals surface area contributed by atoms with E-state index in [1.165, 1.54) is 0 Å². The highest BCUT2D eigenvalue weighted by molar-refractivity contribution is 6.30. The summed E-state index contributed by atoms with van der Waals surface area (Å²) in [6.07, 6.45) is 0. The molecule has 0 atom stereocenters. The Kier molecular flexibility index (Phi) is 3.61. The molecule has 0 aliphatic heterocycles. The molecule has 0 heterocycles. The van der Waals surface area contributed by atoms with Crippen LogP contribution in [0.5, 0.6) is 5.75 Å². The van der Waals surface area contributed by atoms with Crippen LogP contribution in [0.4, 0.5) is 5.69 Å². The van der Waals surface area contributed by atoms with Gasteiger partial charge in [0.1, 0.15) is 12.3 Å². The molecule has 0 saturated carbocycles. The van der Waals surface area contributed by atoms with Crippen LogP contribution in [-0.4, -0.2) is 20.7 Å². The van der Waals surface area contributed by atoms with Crippen LogP contribution in [-0.2, 0) is 0 Å². The van der Waals surface area contributed by atoms with Gasteiger partial charge in [-0.25, -0.2) is 0 Å². The summed E-state index contributed by atoms with van der Waals surface area (Å²) >= 11 is 5.85. The molecule has 3 nitrogen and oxygen atoms in total. The number of rotatable bonds is 3. The molecular weight excluding hydrogens is 200 g/mol. The van der Waals surface area contributed by atoms with Crippen LogP contribution < -0.4 is 9.64 Å². The first-order chi connectivity index (χ1) is 6.69. The number of hydrogen-bond donors (Lipinski definition) is 0. The lowest BCUT2D eigenvalue weighted by molar-refractivity contribution is 0.415. The molecule has 0 aliphatic rings. The molecule has 74 valence electrons. The molecule has 0 unspecified atom stereocenters. The largest absolute Gasteiger partial charge is 0.495 e. The zero-order valence-electron chi connectivity index (χ0n) is 8.12. The van der Waals surface area contributed by atoms with Crippen molar-refractivity contribution in [2.45, 2.75) is 0 Å². The quantitative estimate of drug-likeness (QED) is 0.719. The van der Waals surface area contributed by atoms with E-state index in [0.29, 0.717) is 17.3 Å². The van der Waals surface area contributed by atoms with Crippen molar-refractivity contribution in [1.29, 1.82) is 5.26 Å². The third kappa shape index (κ3) is 2.30. The van der Waals surface area contributed by atoms with Crippen LogP contribution in [0.2, 0.25) is 5.02 Å². The Hall–Kier alpha value is -1.40. The fourth-order valence-corrected chi connectivity index (χ4v) is 1.32. The lowest BCUT2D eigenvalue weighted by Crippen LogP contribution is -2.17. The first kappa shape index (κ1) is 10.7. The molecule has 14 heavy (non-hydrogen) atoms. The van der Waals surface area contributed by atoms with Gasteiger partial charge in [-0.3, -0.25) is 0 Å². The second kappa shape index (κ2) is 4.73.